The minimum absolute atomic E-state index is 0.0411. The van der Waals surface area contributed by atoms with Gasteiger partial charge in [0.15, 0.2) is 0 Å². The predicted octanol–water partition coefficient (Wildman–Crippen LogP) is 3.02. The van der Waals surface area contributed by atoms with Crippen LogP contribution in [0.3, 0.4) is 0 Å². The van der Waals surface area contributed by atoms with Gasteiger partial charge in [-0.3, -0.25) is 15.1 Å². The molecule has 0 bridgehead atoms. The summed E-state index contributed by atoms with van der Waals surface area (Å²) in [6.45, 7) is 5.58. The van der Waals surface area contributed by atoms with E-state index in [4.69, 9.17) is 0 Å². The molecule has 2 aromatic rings. The first kappa shape index (κ1) is 15.2. The van der Waals surface area contributed by atoms with E-state index in [1.807, 2.05) is 19.9 Å². The van der Waals surface area contributed by atoms with Crippen molar-refractivity contribution < 1.29 is 10.0 Å². The molecule has 6 heteroatoms. The summed E-state index contributed by atoms with van der Waals surface area (Å²) in [6.07, 6.45) is 0.189. The van der Waals surface area contributed by atoms with Crippen LogP contribution in [-0.2, 0) is 0 Å². The maximum absolute atomic E-state index is 10.9. The number of nitro groups is 1. The van der Waals surface area contributed by atoms with Crippen LogP contribution in [0.5, 0.6) is 0 Å². The third kappa shape index (κ3) is 3.66. The number of anilines is 1. The molecule has 112 valence electrons. The molecule has 1 aromatic carbocycles. The number of aliphatic hydroxyl groups excluding tert-OH is 1. The van der Waals surface area contributed by atoms with Crippen LogP contribution in [0.2, 0.25) is 0 Å². The Morgan fingerprint density at radius 2 is 2.10 bits per heavy atom. The van der Waals surface area contributed by atoms with Crippen molar-refractivity contribution in [2.45, 2.75) is 39.3 Å². The fourth-order valence-electron chi connectivity index (χ4n) is 2.42. The summed E-state index contributed by atoms with van der Waals surface area (Å²) in [6, 6.07) is 6.56. The van der Waals surface area contributed by atoms with E-state index in [9.17, 15) is 15.2 Å². The van der Waals surface area contributed by atoms with Crippen molar-refractivity contribution in [3.63, 3.8) is 0 Å². The van der Waals surface area contributed by atoms with Crippen LogP contribution >= 0.6 is 0 Å². The Kier molecular flexibility index (Phi) is 4.37. The lowest BCUT2D eigenvalue weighted by Crippen LogP contribution is -2.20. The van der Waals surface area contributed by atoms with Crippen LogP contribution in [0.25, 0.3) is 10.9 Å². The zero-order valence-corrected chi connectivity index (χ0v) is 12.3. The maximum atomic E-state index is 10.9. The van der Waals surface area contributed by atoms with Gasteiger partial charge in [0.25, 0.3) is 5.69 Å². The number of rotatable bonds is 5. The van der Waals surface area contributed by atoms with Crippen LogP contribution in [0, 0.1) is 17.0 Å². The lowest BCUT2D eigenvalue weighted by Gasteiger charge is -2.18. The van der Waals surface area contributed by atoms with Crippen molar-refractivity contribution in [1.82, 2.24) is 4.98 Å². The maximum Gasteiger partial charge on any atom is 0.270 e. The second kappa shape index (κ2) is 6.05. The van der Waals surface area contributed by atoms with Crippen LogP contribution in [-0.4, -0.2) is 27.2 Å². The average Bonchev–Trinajstić information content (AvgIpc) is 2.36. The topological polar surface area (TPSA) is 88.3 Å². The van der Waals surface area contributed by atoms with Crippen LogP contribution in [0.15, 0.2) is 24.3 Å². The highest BCUT2D eigenvalue weighted by Gasteiger charge is 2.13. The van der Waals surface area contributed by atoms with Gasteiger partial charge in [-0.2, -0.15) is 0 Å². The fraction of sp³-hybridized carbons (Fsp3) is 0.400. The monoisotopic (exact) mass is 289 g/mol. The number of hydrogen-bond acceptors (Lipinski definition) is 5. The first-order chi connectivity index (χ1) is 9.86. The van der Waals surface area contributed by atoms with E-state index in [2.05, 4.69) is 10.3 Å². The Bertz CT molecular complexity index is 671. The molecule has 0 fully saturated rings. The Morgan fingerprint density at radius 3 is 2.71 bits per heavy atom. The number of nitro benzene ring substituents is 1. The second-order valence-electron chi connectivity index (χ2n) is 5.40. The smallest absolute Gasteiger partial charge is 0.270 e. The molecule has 0 saturated carbocycles. The number of non-ortho nitro benzene ring substituents is 1. The molecular weight excluding hydrogens is 270 g/mol. The van der Waals surface area contributed by atoms with Gasteiger partial charge in [-0.25, -0.2) is 0 Å². The Balaban J connectivity index is 2.45. The van der Waals surface area contributed by atoms with E-state index in [1.165, 1.54) is 12.1 Å². The number of aryl methyl sites for hydroxylation is 1. The van der Waals surface area contributed by atoms with Gasteiger partial charge in [-0.05, 0) is 39.3 Å². The molecule has 0 saturated heterocycles. The predicted molar refractivity (Wildman–Crippen MR) is 82.5 cm³/mol. The molecule has 6 nitrogen and oxygen atoms in total. The van der Waals surface area contributed by atoms with Crippen molar-refractivity contribution in [3.05, 3.63) is 40.1 Å². The zero-order chi connectivity index (χ0) is 15.6. The van der Waals surface area contributed by atoms with Gasteiger partial charge in [0.1, 0.15) is 0 Å². The summed E-state index contributed by atoms with van der Waals surface area (Å²) in [7, 11) is 0. The average molecular weight is 289 g/mol. The highest BCUT2D eigenvalue weighted by Crippen LogP contribution is 2.28. The van der Waals surface area contributed by atoms with Crippen LogP contribution in [0.4, 0.5) is 11.4 Å². The van der Waals surface area contributed by atoms with Crippen molar-refractivity contribution in [3.8, 4) is 0 Å². The van der Waals surface area contributed by atoms with Crippen molar-refractivity contribution >= 4 is 22.3 Å². The first-order valence-corrected chi connectivity index (χ1v) is 6.87. The molecule has 2 unspecified atom stereocenters. The van der Waals surface area contributed by atoms with E-state index < -0.39 is 11.0 Å². The number of pyridine rings is 1. The first-order valence-electron chi connectivity index (χ1n) is 6.87. The van der Waals surface area contributed by atoms with Gasteiger partial charge >= 0.3 is 0 Å². The van der Waals surface area contributed by atoms with E-state index in [0.29, 0.717) is 17.3 Å². The number of hydrogen-bond donors (Lipinski definition) is 2. The van der Waals surface area contributed by atoms with Gasteiger partial charge in [-0.1, -0.05) is 0 Å². The lowest BCUT2D eigenvalue weighted by molar-refractivity contribution is -0.384. The summed E-state index contributed by atoms with van der Waals surface area (Å²) < 4.78 is 0. The molecule has 0 aliphatic carbocycles. The lowest BCUT2D eigenvalue weighted by atomic mass is 10.1. The largest absolute Gasteiger partial charge is 0.393 e. The number of fused-ring (bicyclic) bond motifs is 1. The molecule has 2 atom stereocenters. The summed E-state index contributed by atoms with van der Waals surface area (Å²) >= 11 is 0. The van der Waals surface area contributed by atoms with Gasteiger partial charge in [0.05, 0.1) is 16.5 Å². The fourth-order valence-corrected chi connectivity index (χ4v) is 2.42. The number of aromatic nitrogens is 1. The Morgan fingerprint density at radius 1 is 1.38 bits per heavy atom. The normalized spacial score (nSPS) is 13.9. The van der Waals surface area contributed by atoms with Gasteiger partial charge < -0.3 is 10.4 Å². The van der Waals surface area contributed by atoms with E-state index in [1.54, 1.807) is 13.0 Å². The van der Waals surface area contributed by atoms with Gasteiger partial charge in [0, 0.05) is 34.9 Å². The zero-order valence-electron chi connectivity index (χ0n) is 12.3. The summed E-state index contributed by atoms with van der Waals surface area (Å²) in [5.41, 5.74) is 2.39. The number of aliphatic hydroxyl groups is 1. The second-order valence-corrected chi connectivity index (χ2v) is 5.40. The highest BCUT2D eigenvalue weighted by molar-refractivity contribution is 5.93. The Labute approximate surface area is 123 Å². The molecule has 0 aliphatic heterocycles. The van der Waals surface area contributed by atoms with Gasteiger partial charge in [-0.15, -0.1) is 0 Å². The van der Waals surface area contributed by atoms with E-state index in [-0.39, 0.29) is 11.7 Å². The highest BCUT2D eigenvalue weighted by atomic mass is 16.6. The molecule has 21 heavy (non-hydrogen) atoms. The molecule has 0 radical (unpaired) electrons. The summed E-state index contributed by atoms with van der Waals surface area (Å²) in [5.74, 6) is 0. The number of nitrogens with zero attached hydrogens (tertiary/aromatic N) is 2. The molecule has 2 N–H and O–H groups in total. The molecule has 1 aromatic heterocycles. The number of benzene rings is 1. The third-order valence-corrected chi connectivity index (χ3v) is 3.23. The summed E-state index contributed by atoms with van der Waals surface area (Å²) in [4.78, 5) is 14.9. The standard InChI is InChI=1S/C15H19N3O3/c1-9(6-11(3)19)17-15-7-10(2)16-14-5-4-12(18(20)21)8-13(14)15/h4-5,7-9,11,19H,6H2,1-3H3,(H,16,17). The van der Waals surface area contributed by atoms with Gasteiger partial charge in [0.2, 0.25) is 0 Å². The molecule has 0 amide bonds. The van der Waals surface area contributed by atoms with E-state index >= 15 is 0 Å². The van der Waals surface area contributed by atoms with Crippen molar-refractivity contribution in [1.29, 1.82) is 0 Å². The van der Waals surface area contributed by atoms with Crippen molar-refractivity contribution in [2.24, 2.45) is 0 Å². The van der Waals surface area contributed by atoms with Crippen molar-refractivity contribution in [2.75, 3.05) is 5.32 Å². The van der Waals surface area contributed by atoms with Crippen LogP contribution < -0.4 is 5.32 Å². The minimum Gasteiger partial charge on any atom is -0.393 e. The molecule has 0 aliphatic rings. The van der Waals surface area contributed by atoms with Crippen LogP contribution in [0.1, 0.15) is 26.0 Å². The SMILES string of the molecule is Cc1cc(NC(C)CC(C)O)c2cc([N+](=O)[O-])ccc2n1. The molecular formula is C15H19N3O3. The Hall–Kier alpha value is -2.21. The minimum atomic E-state index is -0.414. The molecule has 0 spiro atoms. The third-order valence-electron chi connectivity index (χ3n) is 3.23. The molecule has 2 rings (SSSR count). The number of nitrogens with one attached hydrogen (secondary N) is 1. The molecule has 1 heterocycles. The summed E-state index contributed by atoms with van der Waals surface area (Å²) in [5, 5.41) is 24.4. The van der Waals surface area contributed by atoms with E-state index in [0.717, 1.165) is 11.4 Å². The quantitative estimate of drug-likeness (QED) is 0.652.